The van der Waals surface area contributed by atoms with Crippen molar-refractivity contribution in [2.75, 3.05) is 26.2 Å². The predicted molar refractivity (Wildman–Crippen MR) is 154 cm³/mol. The number of carbonyl (C=O) groups excluding carboxylic acids is 2. The Bertz CT molecular complexity index is 1630. The molecule has 1 unspecified atom stereocenters. The molecule has 2 amide bonds. The zero-order valence-corrected chi connectivity index (χ0v) is 24.2. The fourth-order valence-corrected chi connectivity index (χ4v) is 6.30. The van der Waals surface area contributed by atoms with Gasteiger partial charge in [-0.3, -0.25) is 14.3 Å². The number of amides is 2. The van der Waals surface area contributed by atoms with Gasteiger partial charge in [0.2, 0.25) is 0 Å². The highest BCUT2D eigenvalue weighted by Crippen LogP contribution is 2.36. The van der Waals surface area contributed by atoms with Crippen LogP contribution in [0.4, 0.5) is 13.2 Å². The molecule has 0 spiro atoms. The summed E-state index contributed by atoms with van der Waals surface area (Å²) in [6.45, 7) is 1.87. The quantitative estimate of drug-likeness (QED) is 0.281. The molecule has 8 nitrogen and oxygen atoms in total. The van der Waals surface area contributed by atoms with Crippen LogP contribution in [0.3, 0.4) is 0 Å². The number of likely N-dealkylation sites (tertiary alicyclic amines) is 2. The highest BCUT2D eigenvalue weighted by atomic mass is 35.5. The van der Waals surface area contributed by atoms with E-state index >= 15 is 0 Å². The van der Waals surface area contributed by atoms with E-state index < -0.39 is 17.8 Å². The minimum Gasteiger partial charge on any atom is -0.338 e. The van der Waals surface area contributed by atoms with E-state index in [4.69, 9.17) is 11.6 Å². The molecule has 4 heterocycles. The first-order valence-corrected chi connectivity index (χ1v) is 14.6. The molecule has 4 aromatic rings. The lowest BCUT2D eigenvalue weighted by Gasteiger charge is -2.32. The van der Waals surface area contributed by atoms with Crippen LogP contribution in [0, 0.1) is 0 Å². The number of halogens is 4. The second kappa shape index (κ2) is 11.5. The van der Waals surface area contributed by atoms with E-state index in [0.717, 1.165) is 23.9 Å². The van der Waals surface area contributed by atoms with Gasteiger partial charge >= 0.3 is 6.18 Å². The molecular formula is C31H30ClF3N6O2. The van der Waals surface area contributed by atoms with Gasteiger partial charge in [-0.15, -0.1) is 0 Å². The van der Waals surface area contributed by atoms with Gasteiger partial charge < -0.3 is 9.80 Å². The van der Waals surface area contributed by atoms with E-state index in [1.54, 1.807) is 23.0 Å². The molecule has 6 rings (SSSR count). The summed E-state index contributed by atoms with van der Waals surface area (Å²) in [5.41, 5.74) is 2.04. The number of nitrogens with zero attached hydrogens (tertiary/aromatic N) is 6. The highest BCUT2D eigenvalue weighted by molar-refractivity contribution is 6.30. The van der Waals surface area contributed by atoms with Crippen molar-refractivity contribution in [1.82, 2.24) is 29.4 Å². The first kappa shape index (κ1) is 29.0. The molecular weight excluding hydrogens is 581 g/mol. The Morgan fingerprint density at radius 3 is 2.19 bits per heavy atom. The summed E-state index contributed by atoms with van der Waals surface area (Å²) in [6.07, 6.45) is -1.09. The van der Waals surface area contributed by atoms with Crippen LogP contribution in [-0.2, 0) is 13.2 Å². The molecule has 0 bridgehead atoms. The molecule has 2 fully saturated rings. The van der Waals surface area contributed by atoms with Crippen molar-refractivity contribution in [3.05, 3.63) is 100 Å². The van der Waals surface area contributed by atoms with E-state index in [-0.39, 0.29) is 23.4 Å². The standard InChI is InChI=1S/C31H30ClF3N6O2/c1-38-27(31(33,34)35)17-26(37-38)30(43)39-14-11-21(12-15-39)28-25(18-36-41(28)24-9-7-23(32)8-10-24)29(42)40-16-13-22(19-40)20-5-3-2-4-6-20/h2-10,17-18,21-22H,11-16,19H2,1H3. The van der Waals surface area contributed by atoms with Crippen molar-refractivity contribution in [2.45, 2.75) is 37.3 Å². The fourth-order valence-electron chi connectivity index (χ4n) is 6.17. The third-order valence-corrected chi connectivity index (χ3v) is 8.66. The molecule has 0 N–H and O–H groups in total. The van der Waals surface area contributed by atoms with Crippen LogP contribution < -0.4 is 0 Å². The van der Waals surface area contributed by atoms with Crippen molar-refractivity contribution < 1.29 is 22.8 Å². The molecule has 0 saturated carbocycles. The van der Waals surface area contributed by atoms with Gasteiger partial charge in [-0.1, -0.05) is 41.9 Å². The Morgan fingerprint density at radius 2 is 1.53 bits per heavy atom. The molecule has 0 aliphatic carbocycles. The zero-order chi connectivity index (χ0) is 30.3. The second-order valence-electron chi connectivity index (χ2n) is 11.1. The van der Waals surface area contributed by atoms with Gasteiger partial charge in [0.15, 0.2) is 5.69 Å². The van der Waals surface area contributed by atoms with Crippen LogP contribution in [0.2, 0.25) is 5.02 Å². The van der Waals surface area contributed by atoms with E-state index in [1.165, 1.54) is 17.5 Å². The summed E-state index contributed by atoms with van der Waals surface area (Å²) in [7, 11) is 1.17. The Hall–Kier alpha value is -4.12. The van der Waals surface area contributed by atoms with Gasteiger partial charge in [0.25, 0.3) is 11.8 Å². The normalized spacial score (nSPS) is 17.9. The van der Waals surface area contributed by atoms with E-state index in [1.807, 2.05) is 35.2 Å². The average molecular weight is 611 g/mol. The number of rotatable bonds is 5. The third kappa shape index (κ3) is 5.78. The number of benzene rings is 2. The lowest BCUT2D eigenvalue weighted by Crippen LogP contribution is -2.39. The Kier molecular flexibility index (Phi) is 7.76. The van der Waals surface area contributed by atoms with Crippen molar-refractivity contribution in [3.63, 3.8) is 0 Å². The molecule has 12 heteroatoms. The SMILES string of the molecule is Cn1nc(C(=O)N2CCC(c3c(C(=O)N4CCC(c5ccccc5)C4)cnn3-c3ccc(Cl)cc3)CC2)cc1C(F)(F)F. The third-order valence-electron chi connectivity index (χ3n) is 8.41. The lowest BCUT2D eigenvalue weighted by molar-refractivity contribution is -0.143. The van der Waals surface area contributed by atoms with E-state index in [2.05, 4.69) is 22.3 Å². The average Bonchev–Trinajstić information content (AvgIpc) is 3.76. The molecule has 224 valence electrons. The second-order valence-corrected chi connectivity index (χ2v) is 11.5. The lowest BCUT2D eigenvalue weighted by atomic mass is 9.90. The molecule has 0 radical (unpaired) electrons. The summed E-state index contributed by atoms with van der Waals surface area (Å²) >= 11 is 6.13. The van der Waals surface area contributed by atoms with Gasteiger partial charge in [-0.2, -0.15) is 23.4 Å². The van der Waals surface area contributed by atoms with Crippen molar-refractivity contribution >= 4 is 23.4 Å². The van der Waals surface area contributed by atoms with Crippen molar-refractivity contribution in [3.8, 4) is 5.69 Å². The molecule has 2 aromatic heterocycles. The van der Waals surface area contributed by atoms with Crippen molar-refractivity contribution in [2.24, 2.45) is 7.05 Å². The van der Waals surface area contributed by atoms with Gasteiger partial charge in [-0.05, 0) is 49.1 Å². The van der Waals surface area contributed by atoms with E-state index in [0.29, 0.717) is 54.3 Å². The molecule has 2 aliphatic heterocycles. The molecule has 2 aromatic carbocycles. The minimum absolute atomic E-state index is 0.0830. The number of alkyl halides is 3. The molecule has 43 heavy (non-hydrogen) atoms. The maximum atomic E-state index is 13.9. The first-order valence-electron chi connectivity index (χ1n) is 14.2. The van der Waals surface area contributed by atoms with Gasteiger partial charge in [0, 0.05) is 56.2 Å². The zero-order valence-electron chi connectivity index (χ0n) is 23.5. The smallest absolute Gasteiger partial charge is 0.338 e. The summed E-state index contributed by atoms with van der Waals surface area (Å²) < 4.78 is 42.3. The number of aromatic nitrogens is 4. The monoisotopic (exact) mass is 610 g/mol. The van der Waals surface area contributed by atoms with Crippen molar-refractivity contribution in [1.29, 1.82) is 0 Å². The van der Waals surface area contributed by atoms with Crippen LogP contribution in [0.1, 0.15) is 68.9 Å². The number of carbonyl (C=O) groups is 2. The fraction of sp³-hybridized carbons (Fsp3) is 0.355. The summed E-state index contributed by atoms with van der Waals surface area (Å²) in [6, 6.07) is 18.2. The Balaban J connectivity index is 1.24. The first-order chi connectivity index (χ1) is 20.6. The predicted octanol–water partition coefficient (Wildman–Crippen LogP) is 5.93. The highest BCUT2D eigenvalue weighted by Gasteiger charge is 2.38. The number of piperidine rings is 1. The summed E-state index contributed by atoms with van der Waals surface area (Å²) in [5, 5.41) is 9.02. The van der Waals surface area contributed by atoms with Gasteiger partial charge in [-0.25, -0.2) is 4.68 Å². The van der Waals surface area contributed by atoms with E-state index in [9.17, 15) is 22.8 Å². The molecule has 2 saturated heterocycles. The number of hydrogen-bond acceptors (Lipinski definition) is 4. The van der Waals surface area contributed by atoms with Gasteiger partial charge in [0.1, 0.15) is 5.69 Å². The molecule has 1 atom stereocenters. The maximum absolute atomic E-state index is 13.9. The number of aryl methyl sites for hydroxylation is 1. The summed E-state index contributed by atoms with van der Waals surface area (Å²) in [4.78, 5) is 30.4. The largest absolute Gasteiger partial charge is 0.433 e. The van der Waals surface area contributed by atoms with Crippen LogP contribution >= 0.6 is 11.6 Å². The Morgan fingerprint density at radius 1 is 0.884 bits per heavy atom. The van der Waals surface area contributed by atoms with Crippen LogP contribution in [0.5, 0.6) is 0 Å². The number of hydrogen-bond donors (Lipinski definition) is 0. The molecule has 2 aliphatic rings. The summed E-state index contributed by atoms with van der Waals surface area (Å²) in [5.74, 6) is -0.474. The Labute approximate surface area is 251 Å². The van der Waals surface area contributed by atoms with Crippen LogP contribution in [0.25, 0.3) is 5.69 Å². The van der Waals surface area contributed by atoms with Crippen LogP contribution in [0.15, 0.2) is 66.9 Å². The van der Waals surface area contributed by atoms with Crippen LogP contribution in [-0.4, -0.2) is 67.4 Å². The van der Waals surface area contributed by atoms with Gasteiger partial charge in [0.05, 0.1) is 23.1 Å². The minimum atomic E-state index is -4.60. The topological polar surface area (TPSA) is 76.3 Å². The maximum Gasteiger partial charge on any atom is 0.433 e.